The molecule has 1 fully saturated rings. The number of benzene rings is 2. The molecule has 0 saturated carbocycles. The molecule has 0 aliphatic carbocycles. The van der Waals surface area contributed by atoms with E-state index in [-0.39, 0.29) is 23.8 Å². The molecule has 7 heteroatoms. The molecule has 6 nitrogen and oxygen atoms in total. The Morgan fingerprint density at radius 2 is 1.69 bits per heavy atom. The van der Waals surface area contributed by atoms with Gasteiger partial charge in [-0.3, -0.25) is 4.79 Å². The molecule has 1 atom stereocenters. The van der Waals surface area contributed by atoms with Gasteiger partial charge in [0.05, 0.1) is 18.0 Å². The second-order valence-electron chi connectivity index (χ2n) is 8.95. The first-order chi connectivity index (χ1) is 15.1. The highest BCUT2D eigenvalue weighted by Crippen LogP contribution is 2.28. The van der Waals surface area contributed by atoms with Crippen molar-refractivity contribution in [3.63, 3.8) is 0 Å². The molecule has 1 amide bonds. The lowest BCUT2D eigenvalue weighted by molar-refractivity contribution is -0.127. The lowest BCUT2D eigenvalue weighted by Crippen LogP contribution is -2.44. The molecule has 1 heterocycles. The normalized spacial score (nSPS) is 16.7. The molecule has 0 radical (unpaired) electrons. The van der Waals surface area contributed by atoms with Crippen molar-refractivity contribution in [2.75, 3.05) is 20.2 Å². The molecule has 1 saturated heterocycles. The van der Waals surface area contributed by atoms with Crippen LogP contribution in [0.1, 0.15) is 49.4 Å². The Balaban J connectivity index is 1.65. The quantitative estimate of drug-likeness (QED) is 0.674. The summed E-state index contributed by atoms with van der Waals surface area (Å²) < 4.78 is 33.0. The van der Waals surface area contributed by atoms with E-state index in [0.29, 0.717) is 30.8 Å². The molecule has 1 aliphatic rings. The van der Waals surface area contributed by atoms with Gasteiger partial charge < -0.3 is 10.1 Å². The zero-order valence-corrected chi connectivity index (χ0v) is 20.4. The molecule has 1 unspecified atom stereocenters. The fourth-order valence-corrected chi connectivity index (χ4v) is 5.98. The van der Waals surface area contributed by atoms with E-state index in [0.717, 1.165) is 22.4 Å². The van der Waals surface area contributed by atoms with Crippen LogP contribution in [0, 0.1) is 25.7 Å². The molecule has 0 aromatic heterocycles. The van der Waals surface area contributed by atoms with Crippen LogP contribution in [0.2, 0.25) is 0 Å². The third-order valence-corrected chi connectivity index (χ3v) is 8.27. The Morgan fingerprint density at radius 3 is 2.22 bits per heavy atom. The monoisotopic (exact) mass is 458 g/mol. The maximum atomic E-state index is 13.1. The molecule has 1 aliphatic heterocycles. The van der Waals surface area contributed by atoms with E-state index in [1.807, 2.05) is 50.2 Å². The van der Waals surface area contributed by atoms with Gasteiger partial charge in [-0.2, -0.15) is 4.31 Å². The number of hydrogen-bond acceptors (Lipinski definition) is 4. The summed E-state index contributed by atoms with van der Waals surface area (Å²) in [5, 5.41) is 3.19. The molecule has 2 aromatic rings. The molecule has 0 spiro atoms. The zero-order valence-electron chi connectivity index (χ0n) is 19.6. The van der Waals surface area contributed by atoms with E-state index in [2.05, 4.69) is 19.2 Å². The van der Waals surface area contributed by atoms with Crippen molar-refractivity contribution in [2.24, 2.45) is 11.8 Å². The fraction of sp³-hybridized carbons (Fsp3) is 0.480. The lowest BCUT2D eigenvalue weighted by atomic mass is 9.92. The van der Waals surface area contributed by atoms with E-state index in [1.54, 1.807) is 13.2 Å². The number of amides is 1. The van der Waals surface area contributed by atoms with Crippen molar-refractivity contribution >= 4 is 15.9 Å². The highest BCUT2D eigenvalue weighted by Gasteiger charge is 2.33. The average Bonchev–Trinajstić information content (AvgIpc) is 2.77. The summed E-state index contributed by atoms with van der Waals surface area (Å²) in [5.41, 5.74) is 2.82. The number of carbonyl (C=O) groups is 1. The molecule has 174 valence electrons. The van der Waals surface area contributed by atoms with Crippen LogP contribution in [0.5, 0.6) is 5.75 Å². The number of hydrogen-bond donors (Lipinski definition) is 1. The fourth-order valence-electron chi connectivity index (χ4n) is 4.30. The lowest BCUT2D eigenvalue weighted by Gasteiger charge is -2.32. The zero-order chi connectivity index (χ0) is 23.5. The number of methoxy groups -OCH3 is 1. The summed E-state index contributed by atoms with van der Waals surface area (Å²) in [7, 11) is -1.93. The minimum absolute atomic E-state index is 0.0110. The number of rotatable bonds is 7. The first-order valence-corrected chi connectivity index (χ1v) is 12.6. The van der Waals surface area contributed by atoms with Crippen molar-refractivity contribution in [2.45, 2.75) is 51.5 Å². The predicted molar refractivity (Wildman–Crippen MR) is 126 cm³/mol. The average molecular weight is 459 g/mol. The summed E-state index contributed by atoms with van der Waals surface area (Å²) in [5.74, 6) is 0.792. The third kappa shape index (κ3) is 5.33. The Kier molecular flexibility index (Phi) is 7.62. The molecule has 3 rings (SSSR count). The third-order valence-electron chi connectivity index (χ3n) is 6.21. The van der Waals surface area contributed by atoms with E-state index < -0.39 is 10.0 Å². The van der Waals surface area contributed by atoms with Crippen molar-refractivity contribution in [1.82, 2.24) is 9.62 Å². The molecule has 2 aromatic carbocycles. The maximum Gasteiger partial charge on any atom is 0.243 e. The number of carbonyl (C=O) groups excluding carboxylic acids is 1. The minimum Gasteiger partial charge on any atom is -0.497 e. The molecular formula is C25H34N2O4S. The van der Waals surface area contributed by atoms with Crippen molar-refractivity contribution in [3.8, 4) is 5.75 Å². The summed E-state index contributed by atoms with van der Waals surface area (Å²) >= 11 is 0. The Labute approximate surface area is 192 Å². The topological polar surface area (TPSA) is 75.7 Å². The van der Waals surface area contributed by atoms with Gasteiger partial charge in [0, 0.05) is 19.0 Å². The van der Waals surface area contributed by atoms with Crippen LogP contribution in [0.15, 0.2) is 47.4 Å². The van der Waals surface area contributed by atoms with Crippen molar-refractivity contribution < 1.29 is 17.9 Å². The second-order valence-corrected chi connectivity index (χ2v) is 10.9. The molecular weight excluding hydrogens is 424 g/mol. The van der Waals surface area contributed by atoms with Crippen LogP contribution in [0.25, 0.3) is 0 Å². The second kappa shape index (κ2) is 10.0. The maximum absolute atomic E-state index is 13.1. The number of sulfonamides is 1. The van der Waals surface area contributed by atoms with Gasteiger partial charge in [-0.25, -0.2) is 8.42 Å². The standard InChI is InChI=1S/C25H34N2O4S/c1-17(2)24(20-7-9-22(31-5)10-8-20)26-25(28)21-12-14-27(15-13-21)32(29,30)23-11-6-18(3)16-19(23)4/h6-11,16-17,21,24H,12-15H2,1-5H3,(H,26,28). The van der Waals surface area contributed by atoms with E-state index >= 15 is 0 Å². The van der Waals surface area contributed by atoms with Crippen LogP contribution >= 0.6 is 0 Å². The summed E-state index contributed by atoms with van der Waals surface area (Å²) in [6.45, 7) is 8.63. The minimum atomic E-state index is -3.55. The molecule has 0 bridgehead atoms. The van der Waals surface area contributed by atoms with Crippen LogP contribution in [-0.4, -0.2) is 38.8 Å². The number of piperidine rings is 1. The SMILES string of the molecule is COc1ccc(C(NC(=O)C2CCN(S(=O)(=O)c3ccc(C)cc3C)CC2)C(C)C)cc1. The van der Waals surface area contributed by atoms with Gasteiger partial charge in [0.15, 0.2) is 0 Å². The van der Waals surface area contributed by atoms with Crippen LogP contribution in [-0.2, 0) is 14.8 Å². The Bertz CT molecular complexity index is 1040. The smallest absolute Gasteiger partial charge is 0.243 e. The van der Waals surface area contributed by atoms with Gasteiger partial charge in [-0.15, -0.1) is 0 Å². The van der Waals surface area contributed by atoms with Crippen LogP contribution in [0.3, 0.4) is 0 Å². The van der Waals surface area contributed by atoms with Crippen molar-refractivity contribution in [1.29, 1.82) is 0 Å². The predicted octanol–water partition coefficient (Wildman–Crippen LogP) is 4.23. The first kappa shape index (κ1) is 24.3. The van der Waals surface area contributed by atoms with Gasteiger partial charge in [0.25, 0.3) is 0 Å². The van der Waals surface area contributed by atoms with Crippen LogP contribution in [0.4, 0.5) is 0 Å². The first-order valence-electron chi connectivity index (χ1n) is 11.1. The van der Waals surface area contributed by atoms with Crippen molar-refractivity contribution in [3.05, 3.63) is 59.2 Å². The van der Waals surface area contributed by atoms with Gasteiger partial charge in [-0.05, 0) is 61.9 Å². The van der Waals surface area contributed by atoms with Gasteiger partial charge in [0.2, 0.25) is 15.9 Å². The summed E-state index contributed by atoms with van der Waals surface area (Å²) in [4.78, 5) is 13.4. The highest BCUT2D eigenvalue weighted by atomic mass is 32.2. The Hall–Kier alpha value is -2.38. The number of ether oxygens (including phenoxy) is 1. The van der Waals surface area contributed by atoms with E-state index in [1.165, 1.54) is 4.31 Å². The Morgan fingerprint density at radius 1 is 1.06 bits per heavy atom. The summed E-state index contributed by atoms with van der Waals surface area (Å²) in [6, 6.07) is 13.0. The largest absolute Gasteiger partial charge is 0.497 e. The summed E-state index contributed by atoms with van der Waals surface area (Å²) in [6.07, 6.45) is 1.03. The van der Waals surface area contributed by atoms with Gasteiger partial charge in [-0.1, -0.05) is 43.7 Å². The molecule has 1 N–H and O–H groups in total. The van der Waals surface area contributed by atoms with E-state index in [9.17, 15) is 13.2 Å². The van der Waals surface area contributed by atoms with E-state index in [4.69, 9.17) is 4.74 Å². The van der Waals surface area contributed by atoms with Crippen LogP contribution < -0.4 is 10.1 Å². The number of nitrogens with one attached hydrogen (secondary N) is 1. The van der Waals surface area contributed by atoms with Gasteiger partial charge in [0.1, 0.15) is 5.75 Å². The molecule has 32 heavy (non-hydrogen) atoms. The number of aryl methyl sites for hydroxylation is 2. The highest BCUT2D eigenvalue weighted by molar-refractivity contribution is 7.89. The number of nitrogens with zero attached hydrogens (tertiary/aromatic N) is 1. The van der Waals surface area contributed by atoms with Gasteiger partial charge >= 0.3 is 0 Å².